The minimum atomic E-state index is -0.315. The van der Waals surface area contributed by atoms with Crippen molar-refractivity contribution in [1.82, 2.24) is 0 Å². The number of carbonyl (C=O) groups is 1. The van der Waals surface area contributed by atoms with Crippen molar-refractivity contribution in [2.75, 3.05) is 11.9 Å². The van der Waals surface area contributed by atoms with E-state index in [0.29, 0.717) is 5.69 Å². The zero-order valence-corrected chi connectivity index (χ0v) is 12.0. The van der Waals surface area contributed by atoms with E-state index in [2.05, 4.69) is 5.32 Å². The van der Waals surface area contributed by atoms with Gasteiger partial charge in [0.25, 0.3) is 0 Å². The highest BCUT2D eigenvalue weighted by Crippen LogP contribution is 2.17. The number of ketones is 1. The molecule has 104 valence electrons. The topological polar surface area (TPSA) is 29.1 Å². The Bertz CT molecular complexity index is 626. The molecule has 0 saturated carbocycles. The number of hydrogen-bond acceptors (Lipinski definition) is 2. The van der Waals surface area contributed by atoms with Crippen molar-refractivity contribution in [3.05, 3.63) is 64.5 Å². The van der Waals surface area contributed by atoms with Gasteiger partial charge in [0.1, 0.15) is 5.82 Å². The van der Waals surface area contributed by atoms with Gasteiger partial charge in [-0.3, -0.25) is 4.79 Å². The van der Waals surface area contributed by atoms with Gasteiger partial charge in [-0.05, 0) is 50.1 Å². The molecule has 2 aromatic carbocycles. The second kappa shape index (κ2) is 5.87. The summed E-state index contributed by atoms with van der Waals surface area (Å²) in [6, 6.07) is 10.1. The molecule has 3 heteroatoms. The van der Waals surface area contributed by atoms with Gasteiger partial charge in [-0.25, -0.2) is 4.39 Å². The van der Waals surface area contributed by atoms with Crippen LogP contribution in [0.2, 0.25) is 0 Å². The summed E-state index contributed by atoms with van der Waals surface area (Å²) in [5.41, 5.74) is 4.47. The summed E-state index contributed by atoms with van der Waals surface area (Å²) in [4.78, 5) is 12.3. The zero-order valence-electron chi connectivity index (χ0n) is 12.0. The third kappa shape index (κ3) is 3.23. The normalized spacial score (nSPS) is 10.4. The molecule has 0 aliphatic rings. The molecule has 1 N–H and O–H groups in total. The lowest BCUT2D eigenvalue weighted by Crippen LogP contribution is -2.16. The summed E-state index contributed by atoms with van der Waals surface area (Å²) in [7, 11) is 0. The lowest BCUT2D eigenvalue weighted by molar-refractivity contribution is 0.100. The standard InChI is InChI=1S/C17H18FNO/c1-11-7-12(2)17(13(3)8-11)16(20)10-19-15-6-4-5-14(18)9-15/h4-9,19H,10H2,1-3H3. The van der Waals surface area contributed by atoms with E-state index in [-0.39, 0.29) is 18.1 Å². The van der Waals surface area contributed by atoms with Crippen LogP contribution < -0.4 is 5.32 Å². The predicted molar refractivity (Wildman–Crippen MR) is 79.9 cm³/mol. The van der Waals surface area contributed by atoms with Crippen molar-refractivity contribution in [1.29, 1.82) is 0 Å². The highest BCUT2D eigenvalue weighted by atomic mass is 19.1. The molecule has 20 heavy (non-hydrogen) atoms. The molecule has 0 aliphatic heterocycles. The molecule has 2 rings (SSSR count). The Morgan fingerprint density at radius 3 is 2.35 bits per heavy atom. The lowest BCUT2D eigenvalue weighted by atomic mass is 9.96. The first-order chi connectivity index (χ1) is 9.47. The van der Waals surface area contributed by atoms with Gasteiger partial charge in [-0.2, -0.15) is 0 Å². The predicted octanol–water partition coefficient (Wildman–Crippen LogP) is 4.05. The minimum absolute atomic E-state index is 0.0178. The molecule has 0 saturated heterocycles. The number of benzene rings is 2. The van der Waals surface area contributed by atoms with Crippen molar-refractivity contribution in [3.8, 4) is 0 Å². The summed E-state index contributed by atoms with van der Waals surface area (Å²) in [5, 5.41) is 2.96. The maximum atomic E-state index is 13.1. The van der Waals surface area contributed by atoms with E-state index in [0.717, 1.165) is 22.3 Å². The summed E-state index contributed by atoms with van der Waals surface area (Å²) in [6.45, 7) is 6.05. The third-order valence-electron chi connectivity index (χ3n) is 3.23. The number of Topliss-reactive ketones (excluding diaryl/α,β-unsaturated/α-hetero) is 1. The molecule has 0 aromatic heterocycles. The molecule has 2 nitrogen and oxygen atoms in total. The highest BCUT2D eigenvalue weighted by molar-refractivity contribution is 6.01. The molecule has 2 aromatic rings. The van der Waals surface area contributed by atoms with Crippen LogP contribution in [0.1, 0.15) is 27.0 Å². The van der Waals surface area contributed by atoms with E-state index in [9.17, 15) is 9.18 Å². The number of carbonyl (C=O) groups excluding carboxylic acids is 1. The lowest BCUT2D eigenvalue weighted by Gasteiger charge is -2.11. The first kappa shape index (κ1) is 14.3. The van der Waals surface area contributed by atoms with E-state index in [1.807, 2.05) is 32.9 Å². The van der Waals surface area contributed by atoms with Crippen LogP contribution in [0, 0.1) is 26.6 Å². The van der Waals surface area contributed by atoms with Gasteiger partial charge in [0.15, 0.2) is 5.78 Å². The maximum absolute atomic E-state index is 13.1. The maximum Gasteiger partial charge on any atom is 0.182 e. The molecule has 0 heterocycles. The van der Waals surface area contributed by atoms with Crippen molar-refractivity contribution < 1.29 is 9.18 Å². The third-order valence-corrected chi connectivity index (χ3v) is 3.23. The molecule has 0 aliphatic carbocycles. The van der Waals surface area contributed by atoms with Gasteiger partial charge in [0, 0.05) is 11.3 Å². The first-order valence-corrected chi connectivity index (χ1v) is 6.58. The van der Waals surface area contributed by atoms with Crippen LogP contribution >= 0.6 is 0 Å². The molecule has 0 radical (unpaired) electrons. The number of anilines is 1. The average molecular weight is 271 g/mol. The second-order valence-electron chi connectivity index (χ2n) is 5.06. The molecule has 0 atom stereocenters. The van der Waals surface area contributed by atoms with E-state index in [1.54, 1.807) is 12.1 Å². The van der Waals surface area contributed by atoms with Crippen molar-refractivity contribution in [2.45, 2.75) is 20.8 Å². The SMILES string of the molecule is Cc1cc(C)c(C(=O)CNc2cccc(F)c2)c(C)c1. The Morgan fingerprint density at radius 1 is 1.10 bits per heavy atom. The molecule has 0 bridgehead atoms. The summed E-state index contributed by atoms with van der Waals surface area (Å²) in [5.74, 6) is -0.297. The van der Waals surface area contributed by atoms with Gasteiger partial charge in [-0.1, -0.05) is 23.8 Å². The Labute approximate surface area is 118 Å². The Kier molecular flexibility index (Phi) is 4.18. The molecule has 0 amide bonds. The molecule has 0 fully saturated rings. The van der Waals surface area contributed by atoms with E-state index in [1.165, 1.54) is 12.1 Å². The second-order valence-corrected chi connectivity index (χ2v) is 5.06. The van der Waals surface area contributed by atoms with Crippen LogP contribution in [0.15, 0.2) is 36.4 Å². The van der Waals surface area contributed by atoms with Crippen LogP contribution in [0.5, 0.6) is 0 Å². The molecular formula is C17H18FNO. The fourth-order valence-corrected chi connectivity index (χ4v) is 2.49. The van der Waals surface area contributed by atoms with Gasteiger partial charge in [0.2, 0.25) is 0 Å². The van der Waals surface area contributed by atoms with E-state index in [4.69, 9.17) is 0 Å². The van der Waals surface area contributed by atoms with Crippen molar-refractivity contribution in [3.63, 3.8) is 0 Å². The summed E-state index contributed by atoms with van der Waals surface area (Å²) in [6.07, 6.45) is 0. The van der Waals surface area contributed by atoms with Gasteiger partial charge < -0.3 is 5.32 Å². The van der Waals surface area contributed by atoms with Crippen molar-refractivity contribution >= 4 is 11.5 Å². The monoisotopic (exact) mass is 271 g/mol. The first-order valence-electron chi connectivity index (χ1n) is 6.58. The number of rotatable bonds is 4. The number of nitrogens with one attached hydrogen (secondary N) is 1. The van der Waals surface area contributed by atoms with Crippen LogP contribution in [0.3, 0.4) is 0 Å². The number of halogens is 1. The molecule has 0 spiro atoms. The van der Waals surface area contributed by atoms with Gasteiger partial charge in [0.05, 0.1) is 6.54 Å². The van der Waals surface area contributed by atoms with E-state index >= 15 is 0 Å². The van der Waals surface area contributed by atoms with Crippen LogP contribution in [0.4, 0.5) is 10.1 Å². The van der Waals surface area contributed by atoms with Gasteiger partial charge in [-0.15, -0.1) is 0 Å². The number of aryl methyl sites for hydroxylation is 3. The highest BCUT2D eigenvalue weighted by Gasteiger charge is 2.12. The molecule has 0 unspecified atom stereocenters. The summed E-state index contributed by atoms with van der Waals surface area (Å²) < 4.78 is 13.1. The van der Waals surface area contributed by atoms with Gasteiger partial charge >= 0.3 is 0 Å². The fourth-order valence-electron chi connectivity index (χ4n) is 2.49. The smallest absolute Gasteiger partial charge is 0.182 e. The largest absolute Gasteiger partial charge is 0.377 e. The fraction of sp³-hybridized carbons (Fsp3) is 0.235. The van der Waals surface area contributed by atoms with Crippen LogP contribution in [-0.2, 0) is 0 Å². The van der Waals surface area contributed by atoms with E-state index < -0.39 is 0 Å². The van der Waals surface area contributed by atoms with Crippen LogP contribution in [-0.4, -0.2) is 12.3 Å². The van der Waals surface area contributed by atoms with Crippen LogP contribution in [0.25, 0.3) is 0 Å². The average Bonchev–Trinajstić information content (AvgIpc) is 2.35. The zero-order chi connectivity index (χ0) is 14.7. The minimum Gasteiger partial charge on any atom is -0.377 e. The quantitative estimate of drug-likeness (QED) is 0.850. The Hall–Kier alpha value is -2.16. The van der Waals surface area contributed by atoms with Crippen molar-refractivity contribution in [2.24, 2.45) is 0 Å². The number of hydrogen-bond donors (Lipinski definition) is 1. The Balaban J connectivity index is 2.13. The Morgan fingerprint density at radius 2 is 1.75 bits per heavy atom. The summed E-state index contributed by atoms with van der Waals surface area (Å²) >= 11 is 0. The molecular weight excluding hydrogens is 253 g/mol.